The number of aromatic nitrogens is 1. The summed E-state index contributed by atoms with van der Waals surface area (Å²) in [5.41, 5.74) is 2.18. The van der Waals surface area contributed by atoms with Crippen molar-refractivity contribution >= 4 is 16.1 Å². The van der Waals surface area contributed by atoms with Crippen molar-refractivity contribution in [1.82, 2.24) is 9.46 Å². The Morgan fingerprint density at radius 2 is 1.60 bits per heavy atom. The lowest BCUT2D eigenvalue weighted by Gasteiger charge is -2.19. The zero-order valence-corrected chi connectivity index (χ0v) is 16.9. The number of hydrogen-bond acceptors (Lipinski definition) is 5. The minimum Gasteiger partial charge on any atom is -0.461 e. The Labute approximate surface area is 175 Å². The fraction of sp³-hybridized carbons (Fsp3) is 0.0870. The fourth-order valence-electron chi connectivity index (χ4n) is 2.94. The lowest BCUT2D eigenvalue weighted by molar-refractivity contribution is 0.372. The summed E-state index contributed by atoms with van der Waals surface area (Å²) in [7, 11) is -3.71. The number of benzene rings is 2. The van der Waals surface area contributed by atoms with Crippen molar-refractivity contribution in [2.75, 3.05) is 0 Å². The molecular weight excluding hydrogens is 400 g/mol. The highest BCUT2D eigenvalue weighted by Gasteiger charge is 2.22. The van der Waals surface area contributed by atoms with Crippen LogP contribution in [0.25, 0.3) is 17.6 Å². The van der Waals surface area contributed by atoms with Gasteiger partial charge >= 0.3 is 0 Å². The van der Waals surface area contributed by atoms with Gasteiger partial charge in [-0.3, -0.25) is 0 Å². The topological polar surface area (TPSA) is 76.6 Å². The number of hydrogen-bond donors (Lipinski definition) is 0. The van der Waals surface area contributed by atoms with Gasteiger partial charge in [-0.15, -0.1) is 0 Å². The van der Waals surface area contributed by atoms with E-state index in [1.807, 2.05) is 60.7 Å². The van der Waals surface area contributed by atoms with Crippen LogP contribution in [0.4, 0.5) is 0 Å². The van der Waals surface area contributed by atoms with Crippen molar-refractivity contribution in [3.8, 4) is 11.5 Å². The summed E-state index contributed by atoms with van der Waals surface area (Å²) in [6.07, 6.45) is 3.13. The summed E-state index contributed by atoms with van der Waals surface area (Å²) in [6.45, 7) is 0.284. The van der Waals surface area contributed by atoms with E-state index in [4.69, 9.17) is 8.94 Å². The van der Waals surface area contributed by atoms with Crippen molar-refractivity contribution in [3.63, 3.8) is 0 Å². The van der Waals surface area contributed by atoms with Gasteiger partial charge in [0, 0.05) is 18.0 Å². The molecule has 30 heavy (non-hydrogen) atoms. The zero-order chi connectivity index (χ0) is 20.8. The van der Waals surface area contributed by atoms with Gasteiger partial charge in [0.25, 0.3) is 0 Å². The molecule has 0 saturated heterocycles. The van der Waals surface area contributed by atoms with E-state index >= 15 is 0 Å². The summed E-state index contributed by atoms with van der Waals surface area (Å²) in [6, 6.07) is 23.9. The van der Waals surface area contributed by atoms with E-state index in [0.717, 1.165) is 11.1 Å². The fourth-order valence-corrected chi connectivity index (χ4v) is 4.08. The molecule has 0 atom stereocenters. The average molecular weight is 420 g/mol. The zero-order valence-electron chi connectivity index (χ0n) is 16.1. The highest BCUT2D eigenvalue weighted by Crippen LogP contribution is 2.23. The van der Waals surface area contributed by atoms with Gasteiger partial charge in [0.2, 0.25) is 15.8 Å². The molecule has 0 N–H and O–H groups in total. The number of rotatable bonds is 8. The van der Waals surface area contributed by atoms with Crippen LogP contribution in [-0.2, 0) is 23.1 Å². The van der Waals surface area contributed by atoms with E-state index in [1.54, 1.807) is 24.3 Å². The first kappa shape index (κ1) is 19.9. The molecule has 2 aromatic heterocycles. The van der Waals surface area contributed by atoms with Crippen LogP contribution < -0.4 is 0 Å². The molecule has 0 amide bonds. The van der Waals surface area contributed by atoms with E-state index in [1.165, 1.54) is 16.0 Å². The smallest absolute Gasteiger partial charge is 0.236 e. The quantitative estimate of drug-likeness (QED) is 0.404. The predicted molar refractivity (Wildman–Crippen MR) is 114 cm³/mol. The van der Waals surface area contributed by atoms with Crippen molar-refractivity contribution in [2.45, 2.75) is 13.1 Å². The molecule has 7 heteroatoms. The maximum atomic E-state index is 13.1. The Kier molecular flexibility index (Phi) is 5.92. The molecule has 0 aliphatic carbocycles. The predicted octanol–water partition coefficient (Wildman–Crippen LogP) is 4.94. The molecule has 0 unspecified atom stereocenters. The molecule has 0 bridgehead atoms. The molecule has 0 saturated carbocycles. The van der Waals surface area contributed by atoms with Crippen LogP contribution in [0, 0.1) is 0 Å². The van der Waals surface area contributed by atoms with Gasteiger partial charge in [0.05, 0.1) is 18.5 Å². The summed E-state index contributed by atoms with van der Waals surface area (Å²) in [5, 5.41) is 5.24. The second-order valence-corrected chi connectivity index (χ2v) is 8.49. The van der Waals surface area contributed by atoms with Gasteiger partial charge < -0.3 is 8.94 Å². The van der Waals surface area contributed by atoms with Gasteiger partial charge in [-0.1, -0.05) is 65.8 Å². The Balaban J connectivity index is 1.60. The third kappa shape index (κ3) is 4.94. The Bertz CT molecular complexity index is 1200. The minimum absolute atomic E-state index is 0.0700. The van der Waals surface area contributed by atoms with Gasteiger partial charge in [-0.05, 0) is 29.3 Å². The maximum absolute atomic E-state index is 13.1. The van der Waals surface area contributed by atoms with Crippen LogP contribution in [-0.4, -0.2) is 17.9 Å². The summed E-state index contributed by atoms with van der Waals surface area (Å²) >= 11 is 0. The SMILES string of the molecule is O=S(=O)(/C=C/c1ccccc1)N(Cc1ccccc1)Cc1cc(-c2ccco2)on1. The Hall–Kier alpha value is -3.42. The normalized spacial score (nSPS) is 12.0. The van der Waals surface area contributed by atoms with Crippen molar-refractivity contribution < 1.29 is 17.4 Å². The third-order valence-electron chi connectivity index (χ3n) is 4.46. The van der Waals surface area contributed by atoms with Crippen LogP contribution >= 0.6 is 0 Å². The molecule has 4 rings (SSSR count). The van der Waals surface area contributed by atoms with Crippen LogP contribution in [0.2, 0.25) is 0 Å². The standard InChI is InChI=1S/C23H20N2O4S/c26-30(27,15-13-19-8-3-1-4-9-19)25(17-20-10-5-2-6-11-20)18-21-16-23(29-24-21)22-12-7-14-28-22/h1-16H,17-18H2/b15-13+. The Morgan fingerprint density at radius 1 is 0.867 bits per heavy atom. The van der Waals surface area contributed by atoms with Gasteiger partial charge in [0.1, 0.15) is 0 Å². The number of sulfonamides is 1. The van der Waals surface area contributed by atoms with E-state index in [2.05, 4.69) is 5.16 Å². The van der Waals surface area contributed by atoms with Crippen molar-refractivity contribution in [3.05, 3.63) is 107 Å². The molecule has 0 fully saturated rings. The number of nitrogens with zero attached hydrogens (tertiary/aromatic N) is 2. The summed E-state index contributed by atoms with van der Waals surface area (Å²) in [4.78, 5) is 0. The molecule has 2 aromatic carbocycles. The molecule has 4 aromatic rings. The molecular formula is C23H20N2O4S. The lowest BCUT2D eigenvalue weighted by atomic mass is 10.2. The third-order valence-corrected chi connectivity index (χ3v) is 5.91. The van der Waals surface area contributed by atoms with E-state index in [-0.39, 0.29) is 13.1 Å². The van der Waals surface area contributed by atoms with E-state index < -0.39 is 10.0 Å². The van der Waals surface area contributed by atoms with E-state index in [9.17, 15) is 8.42 Å². The first-order valence-corrected chi connectivity index (χ1v) is 10.9. The molecule has 6 nitrogen and oxygen atoms in total. The van der Waals surface area contributed by atoms with Gasteiger partial charge in [0.15, 0.2) is 5.76 Å². The molecule has 0 radical (unpaired) electrons. The van der Waals surface area contributed by atoms with Crippen LogP contribution in [0.15, 0.2) is 99.5 Å². The molecule has 2 heterocycles. The average Bonchev–Trinajstić information content (AvgIpc) is 3.45. The summed E-state index contributed by atoms with van der Waals surface area (Å²) in [5.74, 6) is 0.988. The second kappa shape index (κ2) is 8.94. The summed E-state index contributed by atoms with van der Waals surface area (Å²) < 4.78 is 38.2. The molecule has 0 aliphatic rings. The van der Waals surface area contributed by atoms with E-state index in [0.29, 0.717) is 17.2 Å². The second-order valence-electron chi connectivity index (χ2n) is 6.67. The first-order valence-electron chi connectivity index (χ1n) is 9.37. The largest absolute Gasteiger partial charge is 0.461 e. The minimum atomic E-state index is -3.71. The lowest BCUT2D eigenvalue weighted by Crippen LogP contribution is -2.28. The number of furan rings is 1. The Morgan fingerprint density at radius 3 is 2.30 bits per heavy atom. The highest BCUT2D eigenvalue weighted by atomic mass is 32.2. The highest BCUT2D eigenvalue weighted by molar-refractivity contribution is 7.92. The van der Waals surface area contributed by atoms with Crippen LogP contribution in [0.3, 0.4) is 0 Å². The van der Waals surface area contributed by atoms with Crippen molar-refractivity contribution in [2.24, 2.45) is 0 Å². The van der Waals surface area contributed by atoms with Gasteiger partial charge in [-0.2, -0.15) is 4.31 Å². The molecule has 152 valence electrons. The molecule has 0 aliphatic heterocycles. The maximum Gasteiger partial charge on any atom is 0.236 e. The first-order chi connectivity index (χ1) is 14.6. The van der Waals surface area contributed by atoms with Crippen LogP contribution in [0.1, 0.15) is 16.8 Å². The van der Waals surface area contributed by atoms with Crippen molar-refractivity contribution in [1.29, 1.82) is 0 Å². The monoisotopic (exact) mass is 420 g/mol. The molecule has 0 spiro atoms. The van der Waals surface area contributed by atoms with Crippen LogP contribution in [0.5, 0.6) is 0 Å². The van der Waals surface area contributed by atoms with Gasteiger partial charge in [-0.25, -0.2) is 8.42 Å².